The SMILES string of the molecule is COC(=O)Cc1ccc(N)c(OC(C)=O)c1. The third-order valence-electron chi connectivity index (χ3n) is 1.91. The Balaban J connectivity index is 2.88. The Morgan fingerprint density at radius 2 is 2.06 bits per heavy atom. The van der Waals surface area contributed by atoms with E-state index in [2.05, 4.69) is 4.74 Å². The molecule has 0 unspecified atom stereocenters. The zero-order valence-corrected chi connectivity index (χ0v) is 9.15. The predicted molar refractivity (Wildman–Crippen MR) is 57.9 cm³/mol. The summed E-state index contributed by atoms with van der Waals surface area (Å²) in [7, 11) is 1.31. The van der Waals surface area contributed by atoms with Crippen LogP contribution in [0.2, 0.25) is 0 Å². The molecule has 0 spiro atoms. The Morgan fingerprint density at radius 3 is 2.62 bits per heavy atom. The van der Waals surface area contributed by atoms with Gasteiger partial charge in [-0.15, -0.1) is 0 Å². The van der Waals surface area contributed by atoms with E-state index in [9.17, 15) is 9.59 Å². The standard InChI is InChI=1S/C11H13NO4/c1-7(13)16-10-5-8(3-4-9(10)12)6-11(14)15-2/h3-5H,6,12H2,1-2H3. The van der Waals surface area contributed by atoms with Crippen LogP contribution in [0.1, 0.15) is 12.5 Å². The molecule has 0 amide bonds. The molecule has 0 bridgehead atoms. The molecular formula is C11H13NO4. The van der Waals surface area contributed by atoms with Crippen LogP contribution in [0.4, 0.5) is 5.69 Å². The number of carbonyl (C=O) groups excluding carboxylic acids is 2. The van der Waals surface area contributed by atoms with E-state index in [1.54, 1.807) is 18.2 Å². The van der Waals surface area contributed by atoms with E-state index in [4.69, 9.17) is 10.5 Å². The highest BCUT2D eigenvalue weighted by atomic mass is 16.5. The summed E-state index contributed by atoms with van der Waals surface area (Å²) >= 11 is 0. The van der Waals surface area contributed by atoms with Gasteiger partial charge in [0.05, 0.1) is 19.2 Å². The van der Waals surface area contributed by atoms with E-state index in [-0.39, 0.29) is 18.1 Å². The van der Waals surface area contributed by atoms with Crippen LogP contribution >= 0.6 is 0 Å². The third-order valence-corrected chi connectivity index (χ3v) is 1.91. The van der Waals surface area contributed by atoms with E-state index in [0.717, 1.165) is 0 Å². The molecule has 5 nitrogen and oxygen atoms in total. The molecule has 0 saturated heterocycles. The van der Waals surface area contributed by atoms with Gasteiger partial charge in [0.2, 0.25) is 0 Å². The number of anilines is 1. The highest BCUT2D eigenvalue weighted by Crippen LogP contribution is 2.23. The molecule has 0 aromatic heterocycles. The Morgan fingerprint density at radius 1 is 1.38 bits per heavy atom. The molecule has 0 aliphatic carbocycles. The molecule has 2 N–H and O–H groups in total. The lowest BCUT2D eigenvalue weighted by Crippen LogP contribution is -2.07. The van der Waals surface area contributed by atoms with Crippen molar-refractivity contribution in [3.05, 3.63) is 23.8 Å². The second kappa shape index (κ2) is 5.16. The molecule has 5 heteroatoms. The summed E-state index contributed by atoms with van der Waals surface area (Å²) in [5.41, 5.74) is 6.64. The molecule has 0 saturated carbocycles. The molecule has 0 atom stereocenters. The van der Waals surface area contributed by atoms with E-state index < -0.39 is 5.97 Å². The molecule has 0 radical (unpaired) electrons. The molecule has 16 heavy (non-hydrogen) atoms. The van der Waals surface area contributed by atoms with Crippen molar-refractivity contribution < 1.29 is 19.1 Å². The maximum atomic E-state index is 11.0. The minimum absolute atomic E-state index is 0.116. The van der Waals surface area contributed by atoms with Gasteiger partial charge in [-0.2, -0.15) is 0 Å². The van der Waals surface area contributed by atoms with Crippen LogP contribution in [-0.2, 0) is 20.7 Å². The quantitative estimate of drug-likeness (QED) is 0.468. The van der Waals surface area contributed by atoms with Gasteiger partial charge in [-0.05, 0) is 17.7 Å². The average molecular weight is 223 g/mol. The molecule has 86 valence electrons. The first-order valence-electron chi connectivity index (χ1n) is 4.66. The van der Waals surface area contributed by atoms with Crippen molar-refractivity contribution in [3.8, 4) is 5.75 Å². The van der Waals surface area contributed by atoms with E-state index in [1.165, 1.54) is 14.0 Å². The molecule has 0 fully saturated rings. The zero-order valence-electron chi connectivity index (χ0n) is 9.15. The first-order chi connectivity index (χ1) is 7.52. The van der Waals surface area contributed by atoms with Crippen molar-refractivity contribution in [2.45, 2.75) is 13.3 Å². The van der Waals surface area contributed by atoms with Crippen LogP contribution in [0.15, 0.2) is 18.2 Å². The lowest BCUT2D eigenvalue weighted by Gasteiger charge is -2.07. The molecule has 0 aliphatic heterocycles. The van der Waals surface area contributed by atoms with Gasteiger partial charge in [-0.1, -0.05) is 6.07 Å². The van der Waals surface area contributed by atoms with Crippen LogP contribution < -0.4 is 10.5 Å². The number of carbonyl (C=O) groups is 2. The van der Waals surface area contributed by atoms with Crippen molar-refractivity contribution in [1.29, 1.82) is 0 Å². The molecule has 1 aromatic rings. The predicted octanol–water partition coefficient (Wildman–Crippen LogP) is 0.910. The number of methoxy groups -OCH3 is 1. The number of benzene rings is 1. The second-order valence-corrected chi connectivity index (χ2v) is 3.22. The topological polar surface area (TPSA) is 78.6 Å². The number of hydrogen-bond acceptors (Lipinski definition) is 5. The maximum Gasteiger partial charge on any atom is 0.309 e. The van der Waals surface area contributed by atoms with Gasteiger partial charge in [0.25, 0.3) is 0 Å². The van der Waals surface area contributed by atoms with Crippen LogP contribution in [0.3, 0.4) is 0 Å². The highest BCUT2D eigenvalue weighted by Gasteiger charge is 2.08. The number of hydrogen-bond donors (Lipinski definition) is 1. The minimum atomic E-state index is -0.457. The highest BCUT2D eigenvalue weighted by molar-refractivity contribution is 5.75. The summed E-state index contributed by atoms with van der Waals surface area (Å²) in [5, 5.41) is 0. The van der Waals surface area contributed by atoms with Gasteiger partial charge in [0, 0.05) is 6.92 Å². The number of ether oxygens (including phenoxy) is 2. The lowest BCUT2D eigenvalue weighted by atomic mass is 10.1. The largest absolute Gasteiger partial charge is 0.469 e. The fourth-order valence-corrected chi connectivity index (χ4v) is 1.17. The lowest BCUT2D eigenvalue weighted by molar-refractivity contribution is -0.139. The second-order valence-electron chi connectivity index (χ2n) is 3.22. The van der Waals surface area contributed by atoms with Gasteiger partial charge in [-0.25, -0.2) is 0 Å². The number of esters is 2. The maximum absolute atomic E-state index is 11.0. The fourth-order valence-electron chi connectivity index (χ4n) is 1.17. The molecule has 1 aromatic carbocycles. The summed E-state index contributed by atoms with van der Waals surface area (Å²) in [6.07, 6.45) is 0.116. The number of rotatable bonds is 3. The van der Waals surface area contributed by atoms with Crippen molar-refractivity contribution in [2.75, 3.05) is 12.8 Å². The summed E-state index contributed by atoms with van der Waals surface area (Å²) in [6.45, 7) is 1.28. The smallest absolute Gasteiger partial charge is 0.309 e. The average Bonchev–Trinajstić information content (AvgIpc) is 2.22. The van der Waals surface area contributed by atoms with Gasteiger partial charge in [0.15, 0.2) is 5.75 Å². The van der Waals surface area contributed by atoms with Gasteiger partial charge in [-0.3, -0.25) is 9.59 Å². The summed E-state index contributed by atoms with van der Waals surface area (Å²) in [5.74, 6) is -0.561. The molecular weight excluding hydrogens is 210 g/mol. The summed E-state index contributed by atoms with van der Waals surface area (Å²) in [6, 6.07) is 4.81. The van der Waals surface area contributed by atoms with Crippen molar-refractivity contribution in [2.24, 2.45) is 0 Å². The van der Waals surface area contributed by atoms with Crippen molar-refractivity contribution in [1.82, 2.24) is 0 Å². The van der Waals surface area contributed by atoms with E-state index >= 15 is 0 Å². The van der Waals surface area contributed by atoms with Gasteiger partial charge < -0.3 is 15.2 Å². The molecule has 0 aliphatic rings. The minimum Gasteiger partial charge on any atom is -0.469 e. The Hall–Kier alpha value is -2.04. The van der Waals surface area contributed by atoms with Crippen LogP contribution in [0.25, 0.3) is 0 Å². The van der Waals surface area contributed by atoms with Crippen LogP contribution in [0.5, 0.6) is 5.75 Å². The summed E-state index contributed by atoms with van der Waals surface area (Å²) in [4.78, 5) is 21.8. The van der Waals surface area contributed by atoms with E-state index in [0.29, 0.717) is 11.3 Å². The number of nitrogens with two attached hydrogens (primary N) is 1. The van der Waals surface area contributed by atoms with Crippen molar-refractivity contribution >= 4 is 17.6 Å². The van der Waals surface area contributed by atoms with Crippen LogP contribution in [-0.4, -0.2) is 19.0 Å². The van der Waals surface area contributed by atoms with Gasteiger partial charge in [0.1, 0.15) is 0 Å². The number of nitrogen functional groups attached to an aromatic ring is 1. The van der Waals surface area contributed by atoms with Gasteiger partial charge >= 0.3 is 11.9 Å². The first kappa shape index (κ1) is 12.0. The third kappa shape index (κ3) is 3.27. The Bertz CT molecular complexity index is 414. The first-order valence-corrected chi connectivity index (χ1v) is 4.66. The van der Waals surface area contributed by atoms with Crippen LogP contribution in [0, 0.1) is 0 Å². The Labute approximate surface area is 93.1 Å². The zero-order chi connectivity index (χ0) is 12.1. The summed E-state index contributed by atoms with van der Waals surface area (Å²) < 4.78 is 9.41. The Kier molecular flexibility index (Phi) is 3.88. The normalized spacial score (nSPS) is 9.62. The van der Waals surface area contributed by atoms with Crippen molar-refractivity contribution in [3.63, 3.8) is 0 Å². The monoisotopic (exact) mass is 223 g/mol. The molecule has 0 heterocycles. The molecule has 1 rings (SSSR count). The fraction of sp³-hybridized carbons (Fsp3) is 0.273. The van der Waals surface area contributed by atoms with E-state index in [1.807, 2.05) is 0 Å².